The lowest BCUT2D eigenvalue weighted by Crippen LogP contribution is -2.31. The van der Waals surface area contributed by atoms with Gasteiger partial charge in [-0.3, -0.25) is 0 Å². The van der Waals surface area contributed by atoms with E-state index >= 15 is 0 Å². The second-order valence-corrected chi connectivity index (χ2v) is 8.82. The van der Waals surface area contributed by atoms with Gasteiger partial charge in [0.1, 0.15) is 7.05 Å². The summed E-state index contributed by atoms with van der Waals surface area (Å²) in [6.45, 7) is -9.64. The molecule has 0 amide bonds. The average Bonchev–Trinajstić information content (AvgIpc) is 3.43. The molecule has 34 heavy (non-hydrogen) atoms. The number of benzene rings is 2. The number of furan rings is 1. The maximum absolute atomic E-state index is 9.00. The lowest BCUT2D eigenvalue weighted by molar-refractivity contribution is -0.660. The molecule has 0 fully saturated rings. The van der Waals surface area contributed by atoms with Crippen molar-refractivity contribution in [2.45, 2.75) is 52.5 Å². The zero-order valence-corrected chi connectivity index (χ0v) is 18.7. The Morgan fingerprint density at radius 3 is 2.71 bits per heavy atom. The summed E-state index contributed by atoms with van der Waals surface area (Å²) in [6, 6.07) is 13.1. The topological polar surface area (TPSA) is 29.9 Å². The highest BCUT2D eigenvalue weighted by Crippen LogP contribution is 2.53. The first kappa shape index (κ1) is 10.9. The quantitative estimate of drug-likeness (QED) is 0.261. The van der Waals surface area contributed by atoms with Gasteiger partial charge in [-0.15, -0.1) is 0 Å². The third-order valence-electron chi connectivity index (χ3n) is 6.93. The smallest absolute Gasteiger partial charge is 0.227 e. The molecule has 1 aliphatic rings. The van der Waals surface area contributed by atoms with Crippen LogP contribution in [0.2, 0.25) is 0 Å². The van der Waals surface area contributed by atoms with Gasteiger partial charge in [-0.2, -0.15) is 0 Å². The Balaban J connectivity index is 1.71. The molecule has 3 heterocycles. The number of aryl methyl sites for hydroxylation is 4. The number of hydrogen-bond acceptors (Lipinski definition) is 2. The minimum Gasteiger partial charge on any atom is -0.437 e. The second kappa shape index (κ2) is 7.27. The van der Waals surface area contributed by atoms with Crippen LogP contribution in [-0.2, 0) is 12.5 Å². The van der Waals surface area contributed by atoms with E-state index in [9.17, 15) is 0 Å². The zero-order valence-electron chi connectivity index (χ0n) is 32.7. The van der Waals surface area contributed by atoms with Gasteiger partial charge in [-0.05, 0) is 61.7 Å². The van der Waals surface area contributed by atoms with Crippen molar-refractivity contribution in [2.75, 3.05) is 0 Å². The van der Waals surface area contributed by atoms with E-state index in [4.69, 9.17) is 28.6 Å². The Morgan fingerprint density at radius 2 is 1.88 bits per heavy atom. The highest BCUT2D eigenvalue weighted by atomic mass is 16.3. The molecule has 6 rings (SSSR count). The fourth-order valence-corrected chi connectivity index (χ4v) is 5.18. The maximum Gasteiger partial charge on any atom is 0.227 e. The minimum atomic E-state index is -3.24. The van der Waals surface area contributed by atoms with E-state index in [0.29, 0.717) is 38.7 Å². The minimum absolute atomic E-state index is 0.00234. The van der Waals surface area contributed by atoms with Crippen molar-refractivity contribution >= 4 is 22.1 Å². The maximum atomic E-state index is 9.00. The van der Waals surface area contributed by atoms with E-state index in [1.165, 1.54) is 16.8 Å². The molecule has 1 unspecified atom stereocenters. The van der Waals surface area contributed by atoms with Crippen LogP contribution in [0.25, 0.3) is 44.5 Å². The Labute approximate surface area is 220 Å². The molecule has 2 aromatic carbocycles. The highest BCUT2D eigenvalue weighted by molar-refractivity contribution is 6.10. The fourth-order valence-electron chi connectivity index (χ4n) is 5.18. The lowest BCUT2D eigenvalue weighted by Gasteiger charge is -2.28. The summed E-state index contributed by atoms with van der Waals surface area (Å²) in [7, 11) is 1.60. The van der Waals surface area contributed by atoms with Crippen LogP contribution in [0.1, 0.15) is 73.6 Å². The summed E-state index contributed by atoms with van der Waals surface area (Å²) >= 11 is 0. The first-order chi connectivity index (χ1) is 21.9. The summed E-state index contributed by atoms with van der Waals surface area (Å²) in [5.41, 5.74) is -0.121. The summed E-state index contributed by atoms with van der Waals surface area (Å²) < 4.78 is 123. The van der Waals surface area contributed by atoms with Crippen molar-refractivity contribution in [3.8, 4) is 22.4 Å². The molecule has 0 saturated heterocycles. The molecular formula is C31H31N2O+. The van der Waals surface area contributed by atoms with E-state index in [0.717, 1.165) is 0 Å². The van der Waals surface area contributed by atoms with E-state index in [1.807, 2.05) is 0 Å². The molecule has 0 saturated carbocycles. The molecule has 170 valence electrons. The van der Waals surface area contributed by atoms with Gasteiger partial charge in [-0.25, -0.2) is 9.55 Å². The van der Waals surface area contributed by atoms with Gasteiger partial charge in [0.05, 0.1) is 11.3 Å². The molecule has 0 N–H and O–H groups in total. The van der Waals surface area contributed by atoms with Crippen LogP contribution < -0.4 is 4.57 Å². The number of fused-ring (bicyclic) bond motifs is 6. The van der Waals surface area contributed by atoms with Crippen molar-refractivity contribution in [1.29, 1.82) is 0 Å². The van der Waals surface area contributed by atoms with Gasteiger partial charge in [0, 0.05) is 52.6 Å². The largest absolute Gasteiger partial charge is 0.437 e. The number of rotatable bonds is 3. The summed E-state index contributed by atoms with van der Waals surface area (Å²) in [5, 5.41) is 1.04. The Morgan fingerprint density at radius 1 is 1.00 bits per heavy atom. The Kier molecular flexibility index (Phi) is 2.32. The molecular weight excluding hydrogens is 416 g/mol. The molecule has 5 aromatic rings. The third-order valence-corrected chi connectivity index (χ3v) is 6.93. The van der Waals surface area contributed by atoms with Gasteiger partial charge >= 0.3 is 0 Å². The Bertz CT molecular complexity index is 2120. The molecule has 0 radical (unpaired) electrons. The number of aromatic nitrogens is 2. The standard InChI is InChI=1S/C31H31N2O/c1-7-31(8-2)25-12-10-9-11-21(25)23-16-24-22-14-13-18(3)27(28(22)34-30(24)32-29(23)31)26-15-19(4)20(5)17-33(26)6/h9-17H,7-8H2,1-6H3/q+1/i1D3,2D3,4D3,5D3,7D2. The number of hydrogen-bond donors (Lipinski definition) is 0. The molecule has 0 bridgehead atoms. The van der Waals surface area contributed by atoms with Crippen molar-refractivity contribution in [2.24, 2.45) is 7.05 Å². The lowest BCUT2D eigenvalue weighted by atomic mass is 9.76. The van der Waals surface area contributed by atoms with Crippen LogP contribution in [-0.4, -0.2) is 4.98 Å². The van der Waals surface area contributed by atoms with Crippen LogP contribution in [0, 0.1) is 20.6 Å². The monoisotopic (exact) mass is 461 g/mol. The highest BCUT2D eigenvalue weighted by Gasteiger charge is 2.42. The number of nitrogens with zero attached hydrogens (tertiary/aromatic N) is 2. The molecule has 3 heteroatoms. The van der Waals surface area contributed by atoms with Crippen molar-refractivity contribution in [1.82, 2.24) is 4.98 Å². The van der Waals surface area contributed by atoms with Crippen molar-refractivity contribution in [3.63, 3.8) is 0 Å². The molecule has 1 aliphatic carbocycles. The first-order valence-corrected chi connectivity index (χ1v) is 10.9. The summed E-state index contributed by atoms with van der Waals surface area (Å²) in [4.78, 5) is 4.74. The molecule has 3 nitrogen and oxygen atoms in total. The van der Waals surface area contributed by atoms with Crippen LogP contribution in [0.3, 0.4) is 0 Å². The van der Waals surface area contributed by atoms with Crippen LogP contribution in [0.5, 0.6) is 0 Å². The molecule has 3 aromatic heterocycles. The average molecular weight is 462 g/mol. The van der Waals surface area contributed by atoms with E-state index in [2.05, 4.69) is 0 Å². The molecule has 0 aliphatic heterocycles. The predicted octanol–water partition coefficient (Wildman–Crippen LogP) is 7.48. The van der Waals surface area contributed by atoms with E-state index in [-0.39, 0.29) is 33.7 Å². The fraction of sp³-hybridized carbons (Fsp3) is 0.290. The van der Waals surface area contributed by atoms with Gasteiger partial charge in [0.25, 0.3) is 0 Å². The molecule has 1 atom stereocenters. The van der Waals surface area contributed by atoms with Gasteiger partial charge in [0.2, 0.25) is 11.4 Å². The second-order valence-electron chi connectivity index (χ2n) is 8.82. The van der Waals surface area contributed by atoms with Crippen molar-refractivity contribution < 1.29 is 28.2 Å². The van der Waals surface area contributed by atoms with Crippen LogP contribution in [0.15, 0.2) is 59.1 Å². The van der Waals surface area contributed by atoms with Gasteiger partial charge < -0.3 is 4.42 Å². The van der Waals surface area contributed by atoms with Crippen molar-refractivity contribution in [3.05, 3.63) is 82.7 Å². The zero-order chi connectivity index (χ0) is 35.6. The Hall–Kier alpha value is -3.46. The summed E-state index contributed by atoms with van der Waals surface area (Å²) in [5.74, 6) is 0. The van der Waals surface area contributed by atoms with E-state index in [1.54, 1.807) is 56.4 Å². The number of pyridine rings is 2. The van der Waals surface area contributed by atoms with Crippen LogP contribution >= 0.6 is 0 Å². The SMILES string of the molecule is [2H]C([2H])([2H])CC1(C([2H])([2H])C([2H])([2H])[2H])c2ccccc2-c2cc3c(nc21)oc1c(-c2cc(C([2H])([2H])[2H])c(C([2H])([2H])[2H])c[n+]2C)c(C)ccc13. The molecule has 0 spiro atoms. The van der Waals surface area contributed by atoms with Crippen LogP contribution in [0.4, 0.5) is 0 Å². The summed E-state index contributed by atoms with van der Waals surface area (Å²) in [6.07, 6.45) is -2.65. The first-order valence-electron chi connectivity index (χ1n) is 17.9. The van der Waals surface area contributed by atoms with Gasteiger partial charge in [0.15, 0.2) is 11.8 Å². The normalized spacial score (nSPS) is 24.9. The third kappa shape index (κ3) is 2.64. The van der Waals surface area contributed by atoms with Gasteiger partial charge in [-0.1, -0.05) is 50.1 Å². The predicted molar refractivity (Wildman–Crippen MR) is 139 cm³/mol. The van der Waals surface area contributed by atoms with E-state index < -0.39 is 45.6 Å².